The summed E-state index contributed by atoms with van der Waals surface area (Å²) in [6.45, 7) is 2.04. The molecule has 1 fully saturated rings. The van der Waals surface area contributed by atoms with E-state index in [1.54, 1.807) is 18.1 Å². The van der Waals surface area contributed by atoms with Crippen molar-refractivity contribution in [3.63, 3.8) is 0 Å². The minimum atomic E-state index is -0.281. The minimum absolute atomic E-state index is 0.0692. The number of hydrogen-bond donors (Lipinski definition) is 1. The Morgan fingerprint density at radius 2 is 2.24 bits per heavy atom. The lowest BCUT2D eigenvalue weighted by Crippen LogP contribution is -2.41. The highest BCUT2D eigenvalue weighted by Crippen LogP contribution is 2.17. The number of hydrogen-bond acceptors (Lipinski definition) is 5. The van der Waals surface area contributed by atoms with Crippen LogP contribution >= 0.6 is 0 Å². The number of benzene rings is 1. The average molecular weight is 287 g/mol. The third-order valence-electron chi connectivity index (χ3n) is 3.10. The topological polar surface area (TPSA) is 74.6 Å². The molecule has 1 aromatic rings. The normalized spacial score (nSPS) is 15.2. The van der Waals surface area contributed by atoms with Crippen LogP contribution in [0.5, 0.6) is 5.75 Å². The summed E-state index contributed by atoms with van der Waals surface area (Å²) in [7, 11) is 1.58. The maximum Gasteiger partial charge on any atom is 0.266 e. The number of carbonyl (C=O) groups excluding carboxylic acids is 1. The van der Waals surface area contributed by atoms with E-state index in [-0.39, 0.29) is 11.5 Å². The second kappa shape index (κ2) is 7.31. The van der Waals surface area contributed by atoms with Crippen molar-refractivity contribution in [2.24, 2.45) is 0 Å². The number of methoxy groups -OCH3 is 1. The molecular formula is C15H17N3O3. The number of rotatable bonds is 4. The molecule has 0 atom stereocenters. The van der Waals surface area contributed by atoms with Gasteiger partial charge in [-0.3, -0.25) is 4.79 Å². The molecule has 0 aromatic heterocycles. The fraction of sp³-hybridized carbons (Fsp3) is 0.333. The van der Waals surface area contributed by atoms with Gasteiger partial charge in [0.25, 0.3) is 5.91 Å². The fourth-order valence-corrected chi connectivity index (χ4v) is 1.95. The molecule has 0 unspecified atom stereocenters. The summed E-state index contributed by atoms with van der Waals surface area (Å²) in [6, 6.07) is 9.19. The zero-order valence-corrected chi connectivity index (χ0v) is 11.8. The molecule has 1 aromatic carbocycles. The Kier molecular flexibility index (Phi) is 5.18. The molecule has 0 radical (unpaired) electrons. The molecule has 1 saturated heterocycles. The zero-order chi connectivity index (χ0) is 15.1. The van der Waals surface area contributed by atoms with Crippen LogP contribution in [0.1, 0.15) is 0 Å². The lowest BCUT2D eigenvalue weighted by molar-refractivity contribution is -0.130. The molecule has 1 heterocycles. The minimum Gasteiger partial charge on any atom is -0.497 e. The van der Waals surface area contributed by atoms with Crippen molar-refractivity contribution in [3.05, 3.63) is 36.0 Å². The lowest BCUT2D eigenvalue weighted by atomic mass is 10.2. The maximum atomic E-state index is 12.2. The summed E-state index contributed by atoms with van der Waals surface area (Å²) in [5, 5.41) is 12.1. The molecule has 1 aliphatic rings. The first kappa shape index (κ1) is 14.9. The zero-order valence-electron chi connectivity index (χ0n) is 11.8. The van der Waals surface area contributed by atoms with Crippen LogP contribution in [-0.4, -0.2) is 44.2 Å². The standard InChI is InChI=1S/C15H17N3O3/c1-20-14-4-2-3-13(9-14)17-11-12(10-16)15(19)18-5-7-21-8-6-18/h2-4,9,11,17H,5-8H2,1H3/b12-11-. The number of amides is 1. The molecule has 2 rings (SSSR count). The van der Waals surface area contributed by atoms with Crippen molar-refractivity contribution in [1.82, 2.24) is 4.90 Å². The van der Waals surface area contributed by atoms with Crippen LogP contribution in [0.2, 0.25) is 0 Å². The molecule has 0 bridgehead atoms. The van der Waals surface area contributed by atoms with Gasteiger partial charge in [-0.25, -0.2) is 0 Å². The van der Waals surface area contributed by atoms with E-state index in [9.17, 15) is 4.79 Å². The highest BCUT2D eigenvalue weighted by molar-refractivity contribution is 5.97. The number of ether oxygens (including phenoxy) is 2. The van der Waals surface area contributed by atoms with Crippen molar-refractivity contribution >= 4 is 11.6 Å². The highest BCUT2D eigenvalue weighted by Gasteiger charge is 2.20. The largest absolute Gasteiger partial charge is 0.497 e. The third kappa shape index (κ3) is 3.97. The second-order valence-corrected chi connectivity index (χ2v) is 4.45. The van der Waals surface area contributed by atoms with Crippen molar-refractivity contribution < 1.29 is 14.3 Å². The quantitative estimate of drug-likeness (QED) is 0.669. The fourth-order valence-electron chi connectivity index (χ4n) is 1.95. The van der Waals surface area contributed by atoms with Gasteiger partial charge in [0.05, 0.1) is 20.3 Å². The molecule has 0 aliphatic carbocycles. The number of nitriles is 1. The molecule has 1 amide bonds. The summed E-state index contributed by atoms with van der Waals surface area (Å²) >= 11 is 0. The van der Waals surface area contributed by atoms with Crippen molar-refractivity contribution in [3.8, 4) is 11.8 Å². The van der Waals surface area contributed by atoms with Gasteiger partial charge >= 0.3 is 0 Å². The number of carbonyl (C=O) groups is 1. The van der Waals surface area contributed by atoms with Crippen LogP contribution in [0.4, 0.5) is 5.69 Å². The first-order chi connectivity index (χ1) is 10.2. The van der Waals surface area contributed by atoms with Gasteiger partial charge < -0.3 is 19.7 Å². The van der Waals surface area contributed by atoms with Crippen LogP contribution < -0.4 is 10.1 Å². The molecule has 0 spiro atoms. The van der Waals surface area contributed by atoms with Gasteiger partial charge in [-0.15, -0.1) is 0 Å². The molecule has 1 N–H and O–H groups in total. The Labute approximate surface area is 123 Å². The molecule has 110 valence electrons. The molecule has 6 nitrogen and oxygen atoms in total. The first-order valence-corrected chi connectivity index (χ1v) is 6.62. The van der Waals surface area contributed by atoms with Crippen LogP contribution in [0, 0.1) is 11.3 Å². The van der Waals surface area contributed by atoms with Gasteiger partial charge in [0.15, 0.2) is 0 Å². The van der Waals surface area contributed by atoms with Gasteiger partial charge in [0, 0.05) is 31.0 Å². The van der Waals surface area contributed by atoms with Crippen LogP contribution in [0.3, 0.4) is 0 Å². The SMILES string of the molecule is COc1cccc(N/C=C(/C#N)C(=O)N2CCOCC2)c1. The Morgan fingerprint density at radius 3 is 2.90 bits per heavy atom. The van der Waals surface area contributed by atoms with Crippen molar-refractivity contribution in [2.75, 3.05) is 38.7 Å². The predicted molar refractivity (Wildman–Crippen MR) is 77.7 cm³/mol. The Morgan fingerprint density at radius 1 is 1.48 bits per heavy atom. The van der Waals surface area contributed by atoms with Gasteiger partial charge in [0.2, 0.25) is 0 Å². The number of morpholine rings is 1. The summed E-state index contributed by atoms with van der Waals surface area (Å²) in [5.41, 5.74) is 0.816. The van der Waals surface area contributed by atoms with E-state index in [0.717, 1.165) is 5.69 Å². The molecule has 0 saturated carbocycles. The Bertz CT molecular complexity index is 572. The molecule has 6 heteroatoms. The van der Waals surface area contributed by atoms with Gasteiger partial charge in [-0.1, -0.05) is 6.07 Å². The maximum absolute atomic E-state index is 12.2. The molecule has 21 heavy (non-hydrogen) atoms. The third-order valence-corrected chi connectivity index (χ3v) is 3.10. The van der Waals surface area contributed by atoms with Crippen molar-refractivity contribution in [1.29, 1.82) is 5.26 Å². The van der Waals surface area contributed by atoms with E-state index in [0.29, 0.717) is 32.1 Å². The van der Waals surface area contributed by atoms with E-state index in [2.05, 4.69) is 5.32 Å². The van der Waals surface area contributed by atoms with E-state index in [1.165, 1.54) is 6.20 Å². The molecular weight excluding hydrogens is 270 g/mol. The monoisotopic (exact) mass is 287 g/mol. The van der Waals surface area contributed by atoms with Gasteiger partial charge in [-0.05, 0) is 12.1 Å². The summed E-state index contributed by atoms with van der Waals surface area (Å²) in [5.74, 6) is 0.419. The first-order valence-electron chi connectivity index (χ1n) is 6.62. The summed E-state index contributed by atoms with van der Waals surface area (Å²) in [6.07, 6.45) is 1.42. The van der Waals surface area contributed by atoms with E-state index in [4.69, 9.17) is 14.7 Å². The Hall–Kier alpha value is -2.52. The van der Waals surface area contributed by atoms with Crippen LogP contribution in [0.25, 0.3) is 0 Å². The summed E-state index contributed by atoms with van der Waals surface area (Å²) < 4.78 is 10.3. The smallest absolute Gasteiger partial charge is 0.266 e. The van der Waals surface area contributed by atoms with E-state index < -0.39 is 0 Å². The number of anilines is 1. The van der Waals surface area contributed by atoms with E-state index >= 15 is 0 Å². The molecule has 1 aliphatic heterocycles. The number of nitrogens with one attached hydrogen (secondary N) is 1. The lowest BCUT2D eigenvalue weighted by Gasteiger charge is -2.26. The average Bonchev–Trinajstić information content (AvgIpc) is 2.56. The summed E-state index contributed by atoms with van der Waals surface area (Å²) in [4.78, 5) is 13.8. The highest BCUT2D eigenvalue weighted by atomic mass is 16.5. The Balaban J connectivity index is 2.05. The number of nitrogens with zero attached hydrogens (tertiary/aromatic N) is 2. The van der Waals surface area contributed by atoms with Gasteiger partial charge in [0.1, 0.15) is 17.4 Å². The predicted octanol–water partition coefficient (Wildman–Crippen LogP) is 1.37. The van der Waals surface area contributed by atoms with Gasteiger partial charge in [-0.2, -0.15) is 5.26 Å². The van der Waals surface area contributed by atoms with Crippen molar-refractivity contribution in [2.45, 2.75) is 0 Å². The van der Waals surface area contributed by atoms with Crippen LogP contribution in [0.15, 0.2) is 36.0 Å². The van der Waals surface area contributed by atoms with E-state index in [1.807, 2.05) is 24.3 Å². The second-order valence-electron chi connectivity index (χ2n) is 4.45. The van der Waals surface area contributed by atoms with Crippen LogP contribution in [-0.2, 0) is 9.53 Å².